The zero-order valence-corrected chi connectivity index (χ0v) is 49.3. The number of amides is 2. The zero-order valence-electron chi connectivity index (χ0n) is 49.3. The first kappa shape index (κ1) is 56.3. The minimum atomic E-state index is -1.25. The van der Waals surface area contributed by atoms with Gasteiger partial charge in [-0.05, 0) is 133 Å². The van der Waals surface area contributed by atoms with E-state index in [1.54, 1.807) is 24.3 Å². The summed E-state index contributed by atoms with van der Waals surface area (Å²) in [6.07, 6.45) is 4.98. The van der Waals surface area contributed by atoms with E-state index >= 15 is 0 Å². The van der Waals surface area contributed by atoms with E-state index in [-0.39, 0.29) is 11.8 Å². The Morgan fingerprint density at radius 2 is 0.733 bits per heavy atom. The second-order valence-corrected chi connectivity index (χ2v) is 22.6. The summed E-state index contributed by atoms with van der Waals surface area (Å²) in [6.45, 7) is 1.47. The Morgan fingerprint density at radius 1 is 0.419 bits per heavy atom. The van der Waals surface area contributed by atoms with Gasteiger partial charge in [0.15, 0.2) is 11.2 Å². The van der Waals surface area contributed by atoms with E-state index in [1.165, 1.54) is 0 Å². The van der Waals surface area contributed by atoms with E-state index in [4.69, 9.17) is 28.4 Å². The van der Waals surface area contributed by atoms with Crippen LogP contribution < -0.4 is 49.2 Å². The molecule has 4 heterocycles. The van der Waals surface area contributed by atoms with Crippen LogP contribution in [-0.4, -0.2) is 106 Å². The summed E-state index contributed by atoms with van der Waals surface area (Å²) >= 11 is 0. The molecule has 2 spiro atoms. The number of anilines is 4. The predicted molar refractivity (Wildman–Crippen MR) is 332 cm³/mol. The first-order chi connectivity index (χ1) is 41.5. The molecule has 0 aromatic heterocycles. The summed E-state index contributed by atoms with van der Waals surface area (Å²) in [5, 5.41) is 6.02. The lowest BCUT2D eigenvalue weighted by Crippen LogP contribution is -2.33. The summed E-state index contributed by atoms with van der Waals surface area (Å²) < 4.78 is 37.7. The Balaban J connectivity index is 0.590. The molecule has 12 rings (SSSR count). The van der Waals surface area contributed by atoms with Crippen molar-refractivity contribution in [1.29, 1.82) is 0 Å². The van der Waals surface area contributed by atoms with Crippen molar-refractivity contribution in [2.24, 2.45) is 0 Å². The maximum absolute atomic E-state index is 13.8. The van der Waals surface area contributed by atoms with Crippen LogP contribution in [0, 0.1) is 0 Å². The van der Waals surface area contributed by atoms with Crippen LogP contribution in [-0.2, 0) is 33.5 Å². The van der Waals surface area contributed by atoms with Gasteiger partial charge in [0.1, 0.15) is 47.7 Å². The molecule has 2 N–H and O–H groups in total. The Kier molecular flexibility index (Phi) is 14.9. The number of rotatable bonds is 18. The minimum absolute atomic E-state index is 0.292. The molecule has 16 nitrogen and oxygen atoms in total. The van der Waals surface area contributed by atoms with Gasteiger partial charge < -0.3 is 58.7 Å². The molecule has 0 saturated heterocycles. The van der Waals surface area contributed by atoms with Gasteiger partial charge in [-0.3, -0.25) is 9.59 Å². The van der Waals surface area contributed by atoms with Crippen molar-refractivity contribution >= 4 is 46.5 Å². The first-order valence-electron chi connectivity index (χ1n) is 28.5. The van der Waals surface area contributed by atoms with E-state index in [9.17, 15) is 19.2 Å². The molecular weight excluding hydrogens is 1080 g/mol. The van der Waals surface area contributed by atoms with E-state index in [1.807, 2.05) is 222 Å². The lowest BCUT2D eigenvalue weighted by Gasteiger charge is -2.37. The summed E-state index contributed by atoms with van der Waals surface area (Å²) in [6, 6.07) is 49.4. The third kappa shape index (κ3) is 10.3. The molecule has 0 aliphatic carbocycles. The second kappa shape index (κ2) is 22.7. The first-order valence-corrected chi connectivity index (χ1v) is 28.5. The molecule has 0 bridgehead atoms. The molecule has 8 aromatic rings. The molecule has 8 aromatic carbocycles. The van der Waals surface area contributed by atoms with E-state index in [0.717, 1.165) is 33.9 Å². The molecule has 0 atom stereocenters. The molecule has 0 unspecified atom stereocenters. The number of nitrogens with zero attached hydrogens (tertiary/aromatic N) is 4. The quantitative estimate of drug-likeness (QED) is 0.0617. The molecule has 0 saturated carbocycles. The number of fused-ring (bicyclic) bond motifs is 12. The lowest BCUT2D eigenvalue weighted by atomic mass is 9.77. The molecule has 436 valence electrons. The molecule has 86 heavy (non-hydrogen) atoms. The third-order valence-corrected chi connectivity index (χ3v) is 16.2. The zero-order chi connectivity index (χ0) is 60.0. The molecule has 4 aliphatic heterocycles. The third-order valence-electron chi connectivity index (χ3n) is 16.2. The largest absolute Gasteiger partial charge is 0.490 e. The average molecular weight is 1150 g/mol. The SMILES string of the molecule is CN(C)c1ccc2c(c1)Oc1cc(N(C)C)ccc1C21OC(=O)c2cc(C(=O)NCCc3ccc(OC/C=C/COc4ccc(CCNC(=O)c5ccc6c(c5)C(=O)OC65c6ccc(N(C)C)cc6Oc6cc(N(C)C)ccc65)cc4)cc3)ccc21. The minimum Gasteiger partial charge on any atom is -0.490 e. The van der Waals surface area contributed by atoms with Crippen LogP contribution in [0.2, 0.25) is 0 Å². The van der Waals surface area contributed by atoms with Crippen LogP contribution in [0.25, 0.3) is 0 Å². The molecular formula is C70H66N6O10. The van der Waals surface area contributed by atoms with Gasteiger partial charge in [0.2, 0.25) is 0 Å². The number of ether oxygens (including phenoxy) is 6. The highest BCUT2D eigenvalue weighted by Gasteiger charge is 2.55. The van der Waals surface area contributed by atoms with Gasteiger partial charge in [-0.25, -0.2) is 9.59 Å². The molecule has 4 aliphatic rings. The number of hydrogen-bond donors (Lipinski definition) is 2. The Labute approximate surface area is 500 Å². The Morgan fingerprint density at radius 3 is 1.05 bits per heavy atom. The van der Waals surface area contributed by atoms with Crippen LogP contribution >= 0.6 is 0 Å². The topological polar surface area (TPSA) is 161 Å². The van der Waals surface area contributed by atoms with Crippen molar-refractivity contribution in [3.63, 3.8) is 0 Å². The van der Waals surface area contributed by atoms with Crippen LogP contribution in [0.5, 0.6) is 34.5 Å². The highest BCUT2D eigenvalue weighted by atomic mass is 16.6. The average Bonchev–Trinajstić information content (AvgIpc) is 1.45. The number of nitrogens with one attached hydrogen (secondary N) is 2. The summed E-state index contributed by atoms with van der Waals surface area (Å²) in [4.78, 5) is 62.6. The monoisotopic (exact) mass is 1150 g/mol. The van der Waals surface area contributed by atoms with Crippen molar-refractivity contribution in [3.8, 4) is 34.5 Å². The highest BCUT2D eigenvalue weighted by Crippen LogP contribution is 2.59. The van der Waals surface area contributed by atoms with Gasteiger partial charge in [-0.2, -0.15) is 0 Å². The number of hydrogen-bond acceptors (Lipinski definition) is 14. The molecule has 0 fully saturated rings. The van der Waals surface area contributed by atoms with E-state index in [2.05, 4.69) is 10.6 Å². The Hall–Kier alpha value is -10.2. The molecule has 0 radical (unpaired) electrons. The number of carbonyl (C=O) groups is 4. The van der Waals surface area contributed by atoms with E-state index in [0.29, 0.717) is 129 Å². The smallest absolute Gasteiger partial charge is 0.340 e. The highest BCUT2D eigenvalue weighted by molar-refractivity contribution is 6.03. The number of esters is 2. The Bertz CT molecular complexity index is 3650. The maximum atomic E-state index is 13.8. The lowest BCUT2D eigenvalue weighted by molar-refractivity contribution is 0.0214. The fraction of sp³-hybridized carbons (Fsp3) is 0.229. The van der Waals surface area contributed by atoms with Crippen molar-refractivity contribution in [3.05, 3.63) is 237 Å². The maximum Gasteiger partial charge on any atom is 0.340 e. The van der Waals surface area contributed by atoms with Crippen molar-refractivity contribution in [1.82, 2.24) is 10.6 Å². The van der Waals surface area contributed by atoms with Crippen LogP contribution in [0.3, 0.4) is 0 Å². The van der Waals surface area contributed by atoms with Crippen LogP contribution in [0.1, 0.15) is 85.9 Å². The van der Waals surface area contributed by atoms with Gasteiger partial charge in [-0.1, -0.05) is 36.4 Å². The summed E-state index contributed by atoms with van der Waals surface area (Å²) in [5.74, 6) is 2.18. The van der Waals surface area contributed by atoms with Crippen LogP contribution in [0.15, 0.2) is 170 Å². The molecule has 16 heteroatoms. The second-order valence-electron chi connectivity index (χ2n) is 22.6. The van der Waals surface area contributed by atoms with Crippen LogP contribution in [0.4, 0.5) is 22.7 Å². The standard InChI is InChI=1S/C70H66N6O10/c1-73(2)47-17-27-57-61(39-47)83-62-40-48(74(3)4)18-28-58(62)69(57)55-25-15-45(37-53(55)67(79)85-69)65(77)71-33-31-43-11-21-51(22-12-43)81-35-9-10-36-82-52-23-13-44(14-24-52)32-34-72-66(78)46-16-26-56-54(38-46)68(80)86-70(56)59-29-19-49(75(5)6)41-63(59)84-64-42-50(76(7)8)20-30-60(64)70/h9-30,37-42H,31-36H2,1-8H3,(H,71,77)(H,72,78)/b10-9+. The van der Waals surface area contributed by atoms with Gasteiger partial charge >= 0.3 is 11.9 Å². The van der Waals surface area contributed by atoms with Gasteiger partial charge in [0.05, 0.1) is 11.1 Å². The normalized spacial score (nSPS) is 14.0. The van der Waals surface area contributed by atoms with Gasteiger partial charge in [-0.15, -0.1) is 0 Å². The predicted octanol–water partition coefficient (Wildman–Crippen LogP) is 11.0. The fourth-order valence-corrected chi connectivity index (χ4v) is 11.6. The summed E-state index contributed by atoms with van der Waals surface area (Å²) in [7, 11) is 15.7. The fourth-order valence-electron chi connectivity index (χ4n) is 11.6. The molecule has 2 amide bonds. The van der Waals surface area contributed by atoms with Crippen molar-refractivity contribution in [2.45, 2.75) is 24.0 Å². The van der Waals surface area contributed by atoms with Crippen molar-refractivity contribution < 1.29 is 47.6 Å². The van der Waals surface area contributed by atoms with Gasteiger partial charge in [0.25, 0.3) is 11.8 Å². The summed E-state index contributed by atoms with van der Waals surface area (Å²) in [5.41, 5.74) is 8.85. The van der Waals surface area contributed by atoms with Crippen molar-refractivity contribution in [2.75, 3.05) is 102 Å². The van der Waals surface area contributed by atoms with Gasteiger partial charge in [0, 0.05) is 161 Å². The number of benzene rings is 8. The van der Waals surface area contributed by atoms with E-state index < -0.39 is 23.1 Å². The number of carbonyl (C=O) groups excluding carboxylic acids is 4.